The highest BCUT2D eigenvalue weighted by molar-refractivity contribution is 8.04. The van der Waals surface area contributed by atoms with Crippen LogP contribution in [-0.2, 0) is 9.47 Å². The van der Waals surface area contributed by atoms with E-state index >= 15 is 0 Å². The van der Waals surface area contributed by atoms with Crippen molar-refractivity contribution in [1.82, 2.24) is 9.80 Å². The van der Waals surface area contributed by atoms with Crippen molar-refractivity contribution < 1.29 is 9.47 Å². The van der Waals surface area contributed by atoms with Gasteiger partial charge in [-0.2, -0.15) is 0 Å². The summed E-state index contributed by atoms with van der Waals surface area (Å²) in [6, 6.07) is 21.2. The van der Waals surface area contributed by atoms with E-state index in [1.54, 1.807) is 0 Å². The lowest BCUT2D eigenvalue weighted by molar-refractivity contribution is 0.0580. The van der Waals surface area contributed by atoms with Crippen LogP contribution in [0.1, 0.15) is 16.4 Å². The quantitative estimate of drug-likeness (QED) is 0.616. The lowest BCUT2D eigenvalue weighted by atomic mass is 10.1. The standard InChI is InChI=1S/C24H28N2O2S2/c29-24(26-13-17-28-18-14-26)23(21-9-5-2-6-10-21)30-22(25-11-15-27-16-12-25)19-20-7-3-1-4-8-20/h1-10,19,23H,11-18H2/b22-19+. The van der Waals surface area contributed by atoms with Crippen molar-refractivity contribution in [2.75, 3.05) is 52.6 Å². The molecule has 0 N–H and O–H groups in total. The number of hydrogen-bond donors (Lipinski definition) is 0. The molecule has 1 unspecified atom stereocenters. The lowest BCUT2D eigenvalue weighted by Crippen LogP contribution is -2.42. The third-order valence-electron chi connectivity index (χ3n) is 5.30. The van der Waals surface area contributed by atoms with Gasteiger partial charge in [-0.15, -0.1) is 0 Å². The molecule has 0 saturated carbocycles. The van der Waals surface area contributed by atoms with Crippen LogP contribution in [0.3, 0.4) is 0 Å². The number of benzene rings is 2. The highest BCUT2D eigenvalue weighted by Crippen LogP contribution is 2.39. The Morgan fingerprint density at radius 3 is 1.93 bits per heavy atom. The van der Waals surface area contributed by atoms with Crippen molar-refractivity contribution in [2.45, 2.75) is 5.25 Å². The van der Waals surface area contributed by atoms with Gasteiger partial charge in [0.1, 0.15) is 0 Å². The molecule has 2 saturated heterocycles. The normalized spacial score (nSPS) is 18.9. The molecule has 1 atom stereocenters. The second kappa shape index (κ2) is 11.0. The second-order valence-corrected chi connectivity index (χ2v) is 8.88. The van der Waals surface area contributed by atoms with Crippen LogP contribution in [0.15, 0.2) is 65.7 Å². The van der Waals surface area contributed by atoms with Crippen LogP contribution in [0.25, 0.3) is 6.08 Å². The van der Waals surface area contributed by atoms with E-state index in [9.17, 15) is 0 Å². The summed E-state index contributed by atoms with van der Waals surface area (Å²) in [7, 11) is 0. The third kappa shape index (κ3) is 5.64. The highest BCUT2D eigenvalue weighted by Gasteiger charge is 2.27. The molecule has 0 spiro atoms. The molecule has 0 bridgehead atoms. The van der Waals surface area contributed by atoms with Gasteiger partial charge in [0.15, 0.2) is 0 Å². The number of ether oxygens (including phenoxy) is 2. The fraction of sp³-hybridized carbons (Fsp3) is 0.375. The topological polar surface area (TPSA) is 24.9 Å². The summed E-state index contributed by atoms with van der Waals surface area (Å²) in [6.07, 6.45) is 2.29. The van der Waals surface area contributed by atoms with Crippen molar-refractivity contribution in [1.29, 1.82) is 0 Å². The van der Waals surface area contributed by atoms with Gasteiger partial charge in [0, 0.05) is 26.2 Å². The molecule has 2 fully saturated rings. The van der Waals surface area contributed by atoms with Gasteiger partial charge < -0.3 is 19.3 Å². The third-order valence-corrected chi connectivity index (χ3v) is 7.29. The van der Waals surface area contributed by atoms with Gasteiger partial charge in [0.25, 0.3) is 0 Å². The smallest absolute Gasteiger partial charge is 0.0962 e. The molecular formula is C24H28N2O2S2. The lowest BCUT2D eigenvalue weighted by Gasteiger charge is -2.36. The first kappa shape index (κ1) is 21.4. The van der Waals surface area contributed by atoms with E-state index < -0.39 is 0 Å². The summed E-state index contributed by atoms with van der Waals surface area (Å²) in [5, 5.41) is 1.33. The van der Waals surface area contributed by atoms with Crippen molar-refractivity contribution in [3.8, 4) is 0 Å². The number of morpholine rings is 2. The maximum absolute atomic E-state index is 6.04. The molecule has 2 aromatic carbocycles. The van der Waals surface area contributed by atoms with Gasteiger partial charge in [-0.25, -0.2) is 0 Å². The monoisotopic (exact) mass is 440 g/mol. The summed E-state index contributed by atoms with van der Waals surface area (Å²) in [4.78, 5) is 5.73. The molecule has 4 nitrogen and oxygen atoms in total. The molecule has 4 rings (SSSR count). The minimum Gasteiger partial charge on any atom is -0.378 e. The first-order valence-corrected chi connectivity index (χ1v) is 11.8. The van der Waals surface area contributed by atoms with Crippen molar-refractivity contribution in [3.05, 3.63) is 76.8 Å². The van der Waals surface area contributed by atoms with Crippen molar-refractivity contribution >= 4 is 35.0 Å². The highest BCUT2D eigenvalue weighted by atomic mass is 32.2. The Kier molecular flexibility index (Phi) is 7.81. The van der Waals surface area contributed by atoms with Crippen LogP contribution in [0.2, 0.25) is 0 Å². The maximum Gasteiger partial charge on any atom is 0.0962 e. The largest absolute Gasteiger partial charge is 0.378 e. The molecule has 2 heterocycles. The van der Waals surface area contributed by atoms with E-state index in [1.807, 2.05) is 11.8 Å². The Morgan fingerprint density at radius 2 is 1.33 bits per heavy atom. The molecule has 2 aliphatic heterocycles. The number of nitrogens with zero attached hydrogens (tertiary/aromatic N) is 2. The minimum absolute atomic E-state index is 0.0807. The minimum atomic E-state index is 0.0807. The Labute approximate surface area is 188 Å². The van der Waals surface area contributed by atoms with Crippen molar-refractivity contribution in [3.63, 3.8) is 0 Å². The number of hydrogen-bond acceptors (Lipinski definition) is 5. The summed E-state index contributed by atoms with van der Waals surface area (Å²) in [5.74, 6) is 0. The predicted octanol–water partition coefficient (Wildman–Crippen LogP) is 4.45. The molecule has 6 heteroatoms. The van der Waals surface area contributed by atoms with Crippen LogP contribution < -0.4 is 0 Å². The Morgan fingerprint density at radius 1 is 0.800 bits per heavy atom. The average Bonchev–Trinajstić information content (AvgIpc) is 2.83. The zero-order valence-corrected chi connectivity index (χ0v) is 18.7. The number of thioether (sulfide) groups is 1. The maximum atomic E-state index is 6.04. The molecule has 0 radical (unpaired) electrons. The number of thiocarbonyl (C=S) groups is 1. The van der Waals surface area contributed by atoms with Gasteiger partial charge in [0.05, 0.1) is 41.7 Å². The van der Waals surface area contributed by atoms with E-state index in [0.717, 1.165) is 57.6 Å². The summed E-state index contributed by atoms with van der Waals surface area (Å²) in [6.45, 7) is 6.52. The Bertz CT molecular complexity index is 833. The first-order valence-electron chi connectivity index (χ1n) is 10.5. The first-order chi connectivity index (χ1) is 14.8. The van der Waals surface area contributed by atoms with E-state index in [-0.39, 0.29) is 5.25 Å². The van der Waals surface area contributed by atoms with E-state index in [1.165, 1.54) is 16.2 Å². The molecular weight excluding hydrogens is 412 g/mol. The van der Waals surface area contributed by atoms with Gasteiger partial charge in [-0.3, -0.25) is 0 Å². The summed E-state index contributed by atoms with van der Waals surface area (Å²) < 4.78 is 11.2. The second-order valence-electron chi connectivity index (χ2n) is 7.34. The van der Waals surface area contributed by atoms with E-state index in [0.29, 0.717) is 0 Å². The van der Waals surface area contributed by atoms with E-state index in [4.69, 9.17) is 21.7 Å². The summed E-state index contributed by atoms with van der Waals surface area (Å²) in [5.41, 5.74) is 2.45. The van der Waals surface area contributed by atoms with Crippen LogP contribution in [0.4, 0.5) is 0 Å². The van der Waals surface area contributed by atoms with Crippen LogP contribution in [-0.4, -0.2) is 67.4 Å². The fourth-order valence-corrected chi connectivity index (χ4v) is 5.42. The zero-order valence-electron chi connectivity index (χ0n) is 17.1. The molecule has 0 amide bonds. The molecule has 0 aliphatic carbocycles. The SMILES string of the molecule is S=C(C(S/C(=C/c1ccccc1)N1CCOCC1)c1ccccc1)N1CCOCC1. The Balaban J connectivity index is 1.65. The van der Waals surface area contributed by atoms with E-state index in [2.05, 4.69) is 76.5 Å². The van der Waals surface area contributed by atoms with Crippen molar-refractivity contribution in [2.24, 2.45) is 0 Å². The molecule has 2 aromatic rings. The number of rotatable bonds is 6. The average molecular weight is 441 g/mol. The fourth-order valence-electron chi connectivity index (χ4n) is 3.63. The van der Waals surface area contributed by atoms with Gasteiger partial charge in [0.2, 0.25) is 0 Å². The van der Waals surface area contributed by atoms with Gasteiger partial charge >= 0.3 is 0 Å². The van der Waals surface area contributed by atoms with Gasteiger partial charge in [-0.05, 0) is 17.2 Å². The molecule has 30 heavy (non-hydrogen) atoms. The molecule has 0 aromatic heterocycles. The van der Waals surface area contributed by atoms with Crippen LogP contribution >= 0.6 is 24.0 Å². The summed E-state index contributed by atoms with van der Waals surface area (Å²) >= 11 is 7.89. The van der Waals surface area contributed by atoms with Crippen LogP contribution in [0.5, 0.6) is 0 Å². The zero-order chi connectivity index (χ0) is 20.6. The Hall–Kier alpha value is -1.86. The van der Waals surface area contributed by atoms with Crippen LogP contribution in [0, 0.1) is 0 Å². The molecule has 158 valence electrons. The van der Waals surface area contributed by atoms with Gasteiger partial charge in [-0.1, -0.05) is 84.6 Å². The predicted molar refractivity (Wildman–Crippen MR) is 129 cm³/mol. The molecule has 2 aliphatic rings.